The Hall–Kier alpha value is -3.29. The predicted octanol–water partition coefficient (Wildman–Crippen LogP) is 3.65. The molecule has 1 atom stereocenters. The first kappa shape index (κ1) is 21.6. The molecule has 0 saturated carbocycles. The Morgan fingerprint density at radius 2 is 1.73 bits per heavy atom. The summed E-state index contributed by atoms with van der Waals surface area (Å²) in [6, 6.07) is 3.73. The van der Waals surface area contributed by atoms with Crippen molar-refractivity contribution in [1.29, 1.82) is 0 Å². The van der Waals surface area contributed by atoms with Gasteiger partial charge < -0.3 is 9.80 Å². The number of imidazole rings is 1. The van der Waals surface area contributed by atoms with Gasteiger partial charge in [0.15, 0.2) is 5.82 Å². The molecule has 0 radical (unpaired) electrons. The van der Waals surface area contributed by atoms with Crippen LogP contribution in [0.5, 0.6) is 0 Å². The van der Waals surface area contributed by atoms with Crippen LogP contribution in [-0.2, 0) is 0 Å². The van der Waals surface area contributed by atoms with E-state index < -0.39 is 0 Å². The van der Waals surface area contributed by atoms with E-state index >= 15 is 0 Å². The monoisotopic (exact) mass is 446 g/mol. The van der Waals surface area contributed by atoms with Crippen molar-refractivity contribution in [2.24, 2.45) is 0 Å². The third-order valence-corrected chi connectivity index (χ3v) is 6.91. The molecule has 0 aromatic carbocycles. The molecule has 2 saturated heterocycles. The average molecular weight is 447 g/mol. The normalized spacial score (nSPS) is 18.8. The molecule has 3 aromatic heterocycles. The van der Waals surface area contributed by atoms with Crippen LogP contribution < -0.4 is 0 Å². The number of fused-ring (bicyclic) bond motifs is 1. The van der Waals surface area contributed by atoms with Gasteiger partial charge in [-0.3, -0.25) is 14.0 Å². The molecular formula is C25H30N6O2. The smallest absolute Gasteiger partial charge is 0.273 e. The zero-order valence-corrected chi connectivity index (χ0v) is 19.5. The summed E-state index contributed by atoms with van der Waals surface area (Å²) in [5.41, 5.74) is 4.39. The number of hydrogen-bond acceptors (Lipinski definition) is 5. The van der Waals surface area contributed by atoms with Crippen LogP contribution >= 0.6 is 0 Å². The molecule has 2 fully saturated rings. The van der Waals surface area contributed by atoms with Crippen LogP contribution in [-0.4, -0.2) is 60.6 Å². The van der Waals surface area contributed by atoms with Gasteiger partial charge in [0.25, 0.3) is 11.8 Å². The van der Waals surface area contributed by atoms with Crippen LogP contribution in [0, 0.1) is 20.8 Å². The summed E-state index contributed by atoms with van der Waals surface area (Å²) in [6.45, 7) is 7.98. The van der Waals surface area contributed by atoms with Crippen molar-refractivity contribution in [3.63, 3.8) is 0 Å². The summed E-state index contributed by atoms with van der Waals surface area (Å²) in [5, 5.41) is 0. The Bertz CT molecular complexity index is 1230. The highest BCUT2D eigenvalue weighted by Crippen LogP contribution is 2.32. The number of nitrogens with zero attached hydrogens (tertiary/aromatic N) is 6. The first-order valence-corrected chi connectivity index (χ1v) is 11.8. The predicted molar refractivity (Wildman–Crippen MR) is 124 cm³/mol. The molecule has 5 heterocycles. The minimum Gasteiger partial charge on any atom is -0.339 e. The van der Waals surface area contributed by atoms with Crippen molar-refractivity contribution >= 4 is 17.5 Å². The van der Waals surface area contributed by atoms with E-state index in [1.165, 1.54) is 6.42 Å². The van der Waals surface area contributed by atoms with Gasteiger partial charge in [0, 0.05) is 32.0 Å². The number of rotatable bonds is 3. The van der Waals surface area contributed by atoms with Gasteiger partial charge in [0.1, 0.15) is 11.3 Å². The van der Waals surface area contributed by atoms with Crippen molar-refractivity contribution < 1.29 is 9.59 Å². The molecule has 2 aliphatic heterocycles. The fraction of sp³-hybridized carbons (Fsp3) is 0.480. The number of amides is 2. The van der Waals surface area contributed by atoms with Crippen LogP contribution in [0.3, 0.4) is 0 Å². The molecule has 33 heavy (non-hydrogen) atoms. The Morgan fingerprint density at radius 3 is 2.48 bits per heavy atom. The van der Waals surface area contributed by atoms with E-state index in [4.69, 9.17) is 4.98 Å². The standard InChI is InChI=1S/C25H30N6O2/c1-16-9-7-14-31-21(18(3)28-23(16)31)25(33)30-13-8-10-20(30)22-26-15-19(17(2)27-22)24(32)29-11-5-4-6-12-29/h7,9,14-15,20H,4-6,8,10-13H2,1-3H3. The lowest BCUT2D eigenvalue weighted by Crippen LogP contribution is -2.36. The van der Waals surface area contributed by atoms with E-state index in [-0.39, 0.29) is 17.9 Å². The Balaban J connectivity index is 1.43. The first-order valence-electron chi connectivity index (χ1n) is 11.8. The largest absolute Gasteiger partial charge is 0.339 e. The van der Waals surface area contributed by atoms with Crippen molar-refractivity contribution in [3.8, 4) is 0 Å². The van der Waals surface area contributed by atoms with E-state index in [0.717, 1.165) is 55.7 Å². The maximum Gasteiger partial charge on any atom is 0.273 e. The zero-order valence-electron chi connectivity index (χ0n) is 19.5. The summed E-state index contributed by atoms with van der Waals surface area (Å²) >= 11 is 0. The van der Waals surface area contributed by atoms with E-state index in [1.54, 1.807) is 6.20 Å². The van der Waals surface area contributed by atoms with Crippen molar-refractivity contribution in [2.75, 3.05) is 19.6 Å². The number of aryl methyl sites for hydroxylation is 3. The average Bonchev–Trinajstić information content (AvgIpc) is 3.44. The topological polar surface area (TPSA) is 83.7 Å². The molecule has 5 rings (SSSR count). The molecule has 172 valence electrons. The lowest BCUT2D eigenvalue weighted by atomic mass is 10.1. The van der Waals surface area contributed by atoms with Crippen molar-refractivity contribution in [2.45, 2.75) is 58.9 Å². The van der Waals surface area contributed by atoms with Gasteiger partial charge in [0.2, 0.25) is 0 Å². The quantitative estimate of drug-likeness (QED) is 0.613. The number of aromatic nitrogens is 4. The Morgan fingerprint density at radius 1 is 0.939 bits per heavy atom. The molecule has 0 bridgehead atoms. The maximum atomic E-state index is 13.7. The summed E-state index contributed by atoms with van der Waals surface area (Å²) in [4.78, 5) is 44.3. The molecule has 8 heteroatoms. The van der Waals surface area contributed by atoms with Gasteiger partial charge >= 0.3 is 0 Å². The molecule has 8 nitrogen and oxygen atoms in total. The van der Waals surface area contributed by atoms with Crippen molar-refractivity contribution in [3.05, 3.63) is 58.6 Å². The zero-order chi connectivity index (χ0) is 23.1. The molecular weight excluding hydrogens is 416 g/mol. The lowest BCUT2D eigenvalue weighted by molar-refractivity contribution is 0.0708. The summed E-state index contributed by atoms with van der Waals surface area (Å²) in [6.07, 6.45) is 8.51. The molecule has 2 amide bonds. The number of carbonyl (C=O) groups excluding carboxylic acids is 2. The SMILES string of the molecule is Cc1nc(C2CCCN2C(=O)c2c(C)nc3c(C)cccn23)ncc1C(=O)N1CCCCC1. The third kappa shape index (κ3) is 3.77. The molecule has 0 spiro atoms. The van der Waals surface area contributed by atoms with Crippen LogP contribution in [0.1, 0.15) is 81.8 Å². The second kappa shape index (κ2) is 8.57. The minimum absolute atomic E-state index is 0.00910. The highest BCUT2D eigenvalue weighted by Gasteiger charge is 2.35. The van der Waals surface area contributed by atoms with Gasteiger partial charge in [-0.2, -0.15) is 0 Å². The molecule has 3 aromatic rings. The van der Waals surface area contributed by atoms with Crippen molar-refractivity contribution in [1.82, 2.24) is 29.2 Å². The number of likely N-dealkylation sites (tertiary alicyclic amines) is 2. The van der Waals surface area contributed by atoms with E-state index in [1.807, 2.05) is 53.3 Å². The minimum atomic E-state index is -0.204. The number of pyridine rings is 1. The molecule has 0 aliphatic carbocycles. The van der Waals surface area contributed by atoms with E-state index in [9.17, 15) is 9.59 Å². The van der Waals surface area contributed by atoms with Crippen LogP contribution in [0.2, 0.25) is 0 Å². The second-order valence-corrected chi connectivity index (χ2v) is 9.17. The van der Waals surface area contributed by atoms with Crippen LogP contribution in [0.15, 0.2) is 24.5 Å². The number of piperidine rings is 1. The van der Waals surface area contributed by atoms with Gasteiger partial charge in [0.05, 0.1) is 23.0 Å². The van der Waals surface area contributed by atoms with Crippen LogP contribution in [0.25, 0.3) is 5.65 Å². The first-order chi connectivity index (χ1) is 16.0. The Kier molecular flexibility index (Phi) is 5.60. The van der Waals surface area contributed by atoms with E-state index in [2.05, 4.69) is 9.97 Å². The number of carbonyl (C=O) groups is 2. The maximum absolute atomic E-state index is 13.7. The number of hydrogen-bond donors (Lipinski definition) is 0. The fourth-order valence-electron chi connectivity index (χ4n) is 5.11. The molecule has 2 aliphatic rings. The lowest BCUT2D eigenvalue weighted by Gasteiger charge is -2.27. The highest BCUT2D eigenvalue weighted by molar-refractivity contribution is 5.96. The summed E-state index contributed by atoms with van der Waals surface area (Å²) in [7, 11) is 0. The van der Waals surface area contributed by atoms with E-state index in [0.29, 0.717) is 29.3 Å². The highest BCUT2D eigenvalue weighted by atomic mass is 16.2. The molecule has 0 N–H and O–H groups in total. The third-order valence-electron chi connectivity index (χ3n) is 6.91. The fourth-order valence-corrected chi connectivity index (χ4v) is 5.11. The van der Waals surface area contributed by atoms with Gasteiger partial charge in [-0.05, 0) is 64.5 Å². The van der Waals surface area contributed by atoms with Crippen LogP contribution in [0.4, 0.5) is 0 Å². The summed E-state index contributed by atoms with van der Waals surface area (Å²) < 4.78 is 1.88. The second-order valence-electron chi connectivity index (χ2n) is 9.17. The van der Waals surface area contributed by atoms with Gasteiger partial charge in [-0.1, -0.05) is 6.07 Å². The summed E-state index contributed by atoms with van der Waals surface area (Å²) in [5.74, 6) is 0.564. The molecule has 1 unspecified atom stereocenters. The Labute approximate surface area is 193 Å². The van der Waals surface area contributed by atoms with Gasteiger partial charge in [-0.15, -0.1) is 0 Å². The van der Waals surface area contributed by atoms with Gasteiger partial charge in [-0.25, -0.2) is 15.0 Å².